The average Bonchev–Trinajstić information content (AvgIpc) is 3.48. The number of thioether (sulfide) groups is 1. The molecule has 0 atom stereocenters. The number of nitrogens with zero attached hydrogens (tertiary/aromatic N) is 5. The first kappa shape index (κ1) is 24.7. The first-order valence-electron chi connectivity index (χ1n) is 11.9. The molecule has 0 saturated heterocycles. The van der Waals surface area contributed by atoms with Crippen LogP contribution >= 0.6 is 23.1 Å². The number of hydrogen-bond acceptors (Lipinski definition) is 8. The fourth-order valence-corrected chi connectivity index (χ4v) is 5.78. The van der Waals surface area contributed by atoms with E-state index in [0.717, 1.165) is 16.6 Å². The van der Waals surface area contributed by atoms with Crippen LogP contribution in [0.15, 0.2) is 29.4 Å². The van der Waals surface area contributed by atoms with Gasteiger partial charge in [-0.05, 0) is 43.4 Å². The largest absolute Gasteiger partial charge is 0.486 e. The van der Waals surface area contributed by atoms with Gasteiger partial charge in [-0.3, -0.25) is 10.1 Å². The predicted octanol–water partition coefficient (Wildman–Crippen LogP) is 5.63. The first-order valence-corrected chi connectivity index (χ1v) is 13.7. The summed E-state index contributed by atoms with van der Waals surface area (Å²) in [6.45, 7) is 7.39. The second-order valence-electron chi connectivity index (χ2n) is 8.77. The van der Waals surface area contributed by atoms with E-state index in [9.17, 15) is 4.79 Å². The molecule has 8 nitrogen and oxygen atoms in total. The Morgan fingerprint density at radius 2 is 1.91 bits per heavy atom. The number of ether oxygens (including phenoxy) is 1. The molecule has 1 N–H and O–H groups in total. The molecule has 1 fully saturated rings. The Bertz CT molecular complexity index is 1070. The number of rotatable bonds is 10. The zero-order valence-corrected chi connectivity index (χ0v) is 21.6. The summed E-state index contributed by atoms with van der Waals surface area (Å²) >= 11 is 2.85. The zero-order chi connectivity index (χ0) is 23.9. The minimum absolute atomic E-state index is 0.120. The second-order valence-corrected chi connectivity index (χ2v) is 10.7. The maximum absolute atomic E-state index is 12.5. The van der Waals surface area contributed by atoms with Gasteiger partial charge in [0.15, 0.2) is 11.0 Å². The van der Waals surface area contributed by atoms with E-state index < -0.39 is 0 Å². The summed E-state index contributed by atoms with van der Waals surface area (Å²) in [7, 11) is 0. The molecule has 0 unspecified atom stereocenters. The van der Waals surface area contributed by atoms with Crippen molar-refractivity contribution in [3.63, 3.8) is 0 Å². The van der Waals surface area contributed by atoms with Gasteiger partial charge in [-0.15, -0.1) is 20.4 Å². The zero-order valence-electron chi connectivity index (χ0n) is 20.0. The van der Waals surface area contributed by atoms with Gasteiger partial charge < -0.3 is 9.30 Å². The SMILES string of the molecule is CCn1c(COc2ccc(C(C)C)cc2)nnc1SCC(=O)Nc1nnc(C2CCCCC2)s1. The number of carbonyl (C=O) groups is 1. The summed E-state index contributed by atoms with van der Waals surface area (Å²) in [4.78, 5) is 12.5. The van der Waals surface area contributed by atoms with Gasteiger partial charge in [-0.1, -0.05) is 68.3 Å². The van der Waals surface area contributed by atoms with Crippen LogP contribution in [-0.2, 0) is 17.9 Å². The van der Waals surface area contributed by atoms with Crippen LogP contribution in [0, 0.1) is 0 Å². The van der Waals surface area contributed by atoms with Crippen LogP contribution in [0.1, 0.15) is 81.1 Å². The lowest BCUT2D eigenvalue weighted by Crippen LogP contribution is -2.14. The summed E-state index contributed by atoms with van der Waals surface area (Å²) < 4.78 is 7.89. The lowest BCUT2D eigenvalue weighted by Gasteiger charge is -2.18. The number of amides is 1. The number of carbonyl (C=O) groups excluding carboxylic acids is 1. The second kappa shape index (κ2) is 11.8. The van der Waals surface area contributed by atoms with Crippen LogP contribution in [-0.4, -0.2) is 36.6 Å². The molecule has 0 radical (unpaired) electrons. The van der Waals surface area contributed by atoms with Crippen molar-refractivity contribution in [2.24, 2.45) is 0 Å². The standard InChI is InChI=1S/C24H32N6O2S2/c1-4-30-20(14-32-19-12-10-17(11-13-19)16(2)3)26-29-24(30)33-15-21(31)25-23-28-27-22(34-23)18-8-6-5-7-9-18/h10-13,16,18H,4-9,14-15H2,1-3H3,(H,25,28,31). The molecule has 10 heteroatoms. The Kier molecular flexibility index (Phi) is 8.55. The summed E-state index contributed by atoms with van der Waals surface area (Å²) in [6, 6.07) is 8.13. The molecular formula is C24H32N6O2S2. The van der Waals surface area contributed by atoms with Crippen molar-refractivity contribution in [2.45, 2.75) is 83.0 Å². The molecular weight excluding hydrogens is 468 g/mol. The van der Waals surface area contributed by atoms with Crippen molar-refractivity contribution in [2.75, 3.05) is 11.1 Å². The maximum Gasteiger partial charge on any atom is 0.236 e. The summed E-state index contributed by atoms with van der Waals surface area (Å²) in [5.74, 6) is 2.62. The van der Waals surface area contributed by atoms with Gasteiger partial charge in [0.25, 0.3) is 0 Å². The Labute approximate surface area is 208 Å². The minimum Gasteiger partial charge on any atom is -0.486 e. The summed E-state index contributed by atoms with van der Waals surface area (Å²) in [5.41, 5.74) is 1.28. The molecule has 0 spiro atoms. The van der Waals surface area contributed by atoms with E-state index in [1.165, 1.54) is 60.8 Å². The molecule has 1 aromatic carbocycles. The van der Waals surface area contributed by atoms with Crippen LogP contribution in [0.5, 0.6) is 5.75 Å². The fraction of sp³-hybridized carbons (Fsp3) is 0.542. The number of nitrogens with one attached hydrogen (secondary N) is 1. The minimum atomic E-state index is -0.120. The normalized spacial score (nSPS) is 14.5. The summed E-state index contributed by atoms with van der Waals surface area (Å²) in [5, 5.41) is 22.2. The fourth-order valence-electron chi connectivity index (χ4n) is 4.03. The van der Waals surface area contributed by atoms with Crippen LogP contribution in [0.4, 0.5) is 5.13 Å². The van der Waals surface area contributed by atoms with E-state index in [2.05, 4.69) is 51.7 Å². The van der Waals surface area contributed by atoms with Gasteiger partial charge >= 0.3 is 0 Å². The molecule has 1 amide bonds. The van der Waals surface area contributed by atoms with E-state index in [0.29, 0.717) is 35.3 Å². The topological polar surface area (TPSA) is 94.8 Å². The third-order valence-electron chi connectivity index (χ3n) is 6.00. The van der Waals surface area contributed by atoms with Crippen LogP contribution < -0.4 is 10.1 Å². The van der Waals surface area contributed by atoms with Gasteiger partial charge in [-0.2, -0.15) is 0 Å². The maximum atomic E-state index is 12.5. The molecule has 1 aliphatic rings. The average molecular weight is 501 g/mol. The lowest BCUT2D eigenvalue weighted by atomic mass is 9.90. The van der Waals surface area contributed by atoms with E-state index in [-0.39, 0.29) is 11.7 Å². The Morgan fingerprint density at radius 1 is 1.15 bits per heavy atom. The van der Waals surface area contributed by atoms with E-state index in [4.69, 9.17) is 4.74 Å². The number of benzene rings is 1. The van der Waals surface area contributed by atoms with Gasteiger partial charge in [0.1, 0.15) is 17.4 Å². The third-order valence-corrected chi connectivity index (χ3v) is 7.97. The van der Waals surface area contributed by atoms with Crippen molar-refractivity contribution in [1.29, 1.82) is 0 Å². The van der Waals surface area contributed by atoms with Crippen LogP contribution in [0.3, 0.4) is 0 Å². The van der Waals surface area contributed by atoms with Gasteiger partial charge in [0.05, 0.1) is 5.75 Å². The smallest absolute Gasteiger partial charge is 0.236 e. The summed E-state index contributed by atoms with van der Waals surface area (Å²) in [6.07, 6.45) is 6.13. The van der Waals surface area contributed by atoms with E-state index in [1.807, 2.05) is 23.6 Å². The van der Waals surface area contributed by atoms with Gasteiger partial charge in [-0.25, -0.2) is 0 Å². The highest BCUT2D eigenvalue weighted by atomic mass is 32.2. The highest BCUT2D eigenvalue weighted by Gasteiger charge is 2.20. The molecule has 34 heavy (non-hydrogen) atoms. The molecule has 2 heterocycles. The van der Waals surface area contributed by atoms with Gasteiger partial charge in [0, 0.05) is 12.5 Å². The molecule has 182 valence electrons. The monoisotopic (exact) mass is 500 g/mol. The highest BCUT2D eigenvalue weighted by molar-refractivity contribution is 7.99. The van der Waals surface area contributed by atoms with Gasteiger partial charge in [0.2, 0.25) is 11.0 Å². The molecule has 4 rings (SSSR count). The quantitative estimate of drug-likeness (QED) is 0.360. The molecule has 1 aliphatic carbocycles. The number of anilines is 1. The molecule has 0 aliphatic heterocycles. The predicted molar refractivity (Wildman–Crippen MR) is 136 cm³/mol. The molecule has 3 aromatic rings. The Morgan fingerprint density at radius 3 is 2.62 bits per heavy atom. The van der Waals surface area contributed by atoms with Crippen molar-refractivity contribution >= 4 is 34.1 Å². The van der Waals surface area contributed by atoms with Crippen molar-refractivity contribution in [3.8, 4) is 5.75 Å². The first-order chi connectivity index (χ1) is 16.5. The molecule has 0 bridgehead atoms. The Balaban J connectivity index is 1.28. The van der Waals surface area contributed by atoms with Crippen LogP contribution in [0.25, 0.3) is 0 Å². The Hall–Kier alpha value is -2.46. The van der Waals surface area contributed by atoms with E-state index >= 15 is 0 Å². The molecule has 2 aromatic heterocycles. The van der Waals surface area contributed by atoms with Crippen molar-refractivity contribution in [3.05, 3.63) is 40.7 Å². The number of aromatic nitrogens is 5. The van der Waals surface area contributed by atoms with Crippen molar-refractivity contribution in [1.82, 2.24) is 25.0 Å². The number of hydrogen-bond donors (Lipinski definition) is 1. The van der Waals surface area contributed by atoms with E-state index in [1.54, 1.807) is 0 Å². The lowest BCUT2D eigenvalue weighted by molar-refractivity contribution is -0.113. The highest BCUT2D eigenvalue weighted by Crippen LogP contribution is 2.35. The van der Waals surface area contributed by atoms with Crippen LogP contribution in [0.2, 0.25) is 0 Å². The van der Waals surface area contributed by atoms with Crippen molar-refractivity contribution < 1.29 is 9.53 Å². The third kappa shape index (κ3) is 6.35. The molecule has 1 saturated carbocycles.